The molecule has 0 radical (unpaired) electrons. The van der Waals surface area contributed by atoms with Gasteiger partial charge in [-0.15, -0.1) is 0 Å². The minimum Gasteiger partial charge on any atom is -0.363 e. The van der Waals surface area contributed by atoms with Crippen molar-refractivity contribution in [2.24, 2.45) is 5.41 Å². The molecule has 1 N–H and O–H groups in total. The first-order valence-corrected chi connectivity index (χ1v) is 7.69. The van der Waals surface area contributed by atoms with Crippen molar-refractivity contribution < 1.29 is 8.78 Å². The lowest BCUT2D eigenvalue weighted by Crippen LogP contribution is -2.60. The van der Waals surface area contributed by atoms with Gasteiger partial charge in [0.15, 0.2) is 0 Å². The highest BCUT2D eigenvalue weighted by Gasteiger charge is 2.34. The topological polar surface area (TPSA) is 15.3 Å². The summed E-state index contributed by atoms with van der Waals surface area (Å²) in [7, 11) is 0. The number of nitrogens with one attached hydrogen (secondary N) is 1. The molecule has 1 aromatic carbocycles. The maximum Gasteiger partial charge on any atom is 0.146 e. The minimum absolute atomic E-state index is 0.0800. The zero-order valence-corrected chi connectivity index (χ0v) is 13.6. The van der Waals surface area contributed by atoms with E-state index in [4.69, 9.17) is 0 Å². The standard InChI is InChI=1S/C17H26F2N2/c1-6-12-9-20-16(17(3,4)5)10-21(12)15-8-13(18)11(2)7-14(15)19/h7-8,12,16,20H,6,9-10H2,1-5H3. The molecule has 1 aromatic rings. The molecule has 1 fully saturated rings. The van der Waals surface area contributed by atoms with Gasteiger partial charge in [-0.2, -0.15) is 0 Å². The van der Waals surface area contributed by atoms with E-state index in [0.717, 1.165) is 13.0 Å². The molecule has 2 nitrogen and oxygen atoms in total. The van der Waals surface area contributed by atoms with Crippen LogP contribution >= 0.6 is 0 Å². The summed E-state index contributed by atoms with van der Waals surface area (Å²) in [6.45, 7) is 11.7. The van der Waals surface area contributed by atoms with Crippen molar-refractivity contribution in [1.29, 1.82) is 0 Å². The Bertz CT molecular complexity index is 508. The van der Waals surface area contributed by atoms with Crippen LogP contribution in [0.4, 0.5) is 14.5 Å². The number of piperazine rings is 1. The Morgan fingerprint density at radius 3 is 2.48 bits per heavy atom. The molecule has 0 bridgehead atoms. The lowest BCUT2D eigenvalue weighted by atomic mass is 9.84. The molecule has 0 spiro atoms. The fraction of sp³-hybridized carbons (Fsp3) is 0.647. The van der Waals surface area contributed by atoms with E-state index in [1.54, 1.807) is 6.92 Å². The zero-order chi connectivity index (χ0) is 15.8. The molecule has 118 valence electrons. The van der Waals surface area contributed by atoms with Gasteiger partial charge >= 0.3 is 0 Å². The number of rotatable bonds is 2. The van der Waals surface area contributed by atoms with E-state index < -0.39 is 0 Å². The molecule has 0 aliphatic carbocycles. The molecule has 1 aliphatic heterocycles. The maximum absolute atomic E-state index is 14.3. The number of halogens is 2. The Morgan fingerprint density at radius 1 is 1.24 bits per heavy atom. The predicted octanol–water partition coefficient (Wildman–Crippen LogP) is 3.88. The fourth-order valence-electron chi connectivity index (χ4n) is 2.89. The average molecular weight is 296 g/mol. The van der Waals surface area contributed by atoms with Gasteiger partial charge in [0.25, 0.3) is 0 Å². The van der Waals surface area contributed by atoms with Gasteiger partial charge in [-0.25, -0.2) is 8.78 Å². The quantitative estimate of drug-likeness (QED) is 0.891. The van der Waals surface area contributed by atoms with Crippen LogP contribution in [-0.4, -0.2) is 25.2 Å². The van der Waals surface area contributed by atoms with Gasteiger partial charge in [0.2, 0.25) is 0 Å². The lowest BCUT2D eigenvalue weighted by molar-refractivity contribution is 0.233. The second kappa shape index (κ2) is 5.91. The molecule has 0 saturated carbocycles. The van der Waals surface area contributed by atoms with Crippen molar-refractivity contribution in [3.63, 3.8) is 0 Å². The molecular formula is C17H26F2N2. The van der Waals surface area contributed by atoms with Crippen LogP contribution in [-0.2, 0) is 0 Å². The summed E-state index contributed by atoms with van der Waals surface area (Å²) in [5, 5.41) is 3.55. The first-order chi connectivity index (χ1) is 9.74. The third-order valence-electron chi connectivity index (χ3n) is 4.47. The molecule has 1 aliphatic rings. The molecule has 21 heavy (non-hydrogen) atoms. The van der Waals surface area contributed by atoms with Crippen LogP contribution in [0.3, 0.4) is 0 Å². The second-order valence-corrected chi connectivity index (χ2v) is 7.09. The van der Waals surface area contributed by atoms with Gasteiger partial charge in [0.05, 0.1) is 5.69 Å². The van der Waals surface area contributed by atoms with Crippen LogP contribution in [0.15, 0.2) is 12.1 Å². The Hall–Kier alpha value is -1.16. The monoisotopic (exact) mass is 296 g/mol. The van der Waals surface area contributed by atoms with Gasteiger partial charge in [0.1, 0.15) is 11.6 Å². The molecule has 2 atom stereocenters. The summed E-state index contributed by atoms with van der Waals surface area (Å²) in [6.07, 6.45) is 0.902. The molecule has 1 saturated heterocycles. The predicted molar refractivity (Wildman–Crippen MR) is 83.8 cm³/mol. The number of nitrogens with zero attached hydrogens (tertiary/aromatic N) is 1. The van der Waals surface area contributed by atoms with Crippen LogP contribution in [0, 0.1) is 24.0 Å². The van der Waals surface area contributed by atoms with Crippen LogP contribution in [0.5, 0.6) is 0 Å². The van der Waals surface area contributed by atoms with Gasteiger partial charge in [-0.05, 0) is 30.4 Å². The Kier molecular flexibility index (Phi) is 4.57. The van der Waals surface area contributed by atoms with Crippen molar-refractivity contribution in [2.75, 3.05) is 18.0 Å². The summed E-state index contributed by atoms with van der Waals surface area (Å²) < 4.78 is 28.2. The van der Waals surface area contributed by atoms with E-state index in [1.165, 1.54) is 12.1 Å². The molecule has 2 unspecified atom stereocenters. The van der Waals surface area contributed by atoms with Crippen molar-refractivity contribution in [1.82, 2.24) is 5.32 Å². The summed E-state index contributed by atoms with van der Waals surface area (Å²) in [6, 6.07) is 3.09. The van der Waals surface area contributed by atoms with Crippen molar-refractivity contribution in [3.8, 4) is 0 Å². The average Bonchev–Trinajstić information content (AvgIpc) is 2.41. The summed E-state index contributed by atoms with van der Waals surface area (Å²) >= 11 is 0. The third-order valence-corrected chi connectivity index (χ3v) is 4.47. The summed E-state index contributed by atoms with van der Waals surface area (Å²) in [5.41, 5.74) is 0.823. The fourth-order valence-corrected chi connectivity index (χ4v) is 2.89. The molecule has 0 amide bonds. The molecule has 2 rings (SSSR count). The first-order valence-electron chi connectivity index (χ1n) is 7.69. The zero-order valence-electron chi connectivity index (χ0n) is 13.6. The number of aryl methyl sites for hydroxylation is 1. The van der Waals surface area contributed by atoms with Crippen LogP contribution in [0.25, 0.3) is 0 Å². The van der Waals surface area contributed by atoms with Gasteiger partial charge < -0.3 is 10.2 Å². The first kappa shape index (κ1) is 16.2. The molecule has 0 aromatic heterocycles. The van der Waals surface area contributed by atoms with E-state index in [-0.39, 0.29) is 29.1 Å². The number of benzene rings is 1. The van der Waals surface area contributed by atoms with Gasteiger partial charge in [0, 0.05) is 31.2 Å². The van der Waals surface area contributed by atoms with E-state index in [2.05, 4.69) is 33.0 Å². The summed E-state index contributed by atoms with van der Waals surface area (Å²) in [5.74, 6) is -0.672. The molecule has 1 heterocycles. The number of hydrogen-bond acceptors (Lipinski definition) is 2. The third kappa shape index (κ3) is 3.37. The van der Waals surface area contributed by atoms with E-state index in [9.17, 15) is 8.78 Å². The largest absolute Gasteiger partial charge is 0.363 e. The Morgan fingerprint density at radius 2 is 1.90 bits per heavy atom. The maximum atomic E-state index is 14.3. The highest BCUT2D eigenvalue weighted by molar-refractivity contribution is 5.51. The van der Waals surface area contributed by atoms with Gasteiger partial charge in [-0.1, -0.05) is 27.7 Å². The Labute approximate surface area is 126 Å². The SMILES string of the molecule is CCC1CNC(C(C)(C)C)CN1c1cc(F)c(C)cc1F. The van der Waals surface area contributed by atoms with Crippen molar-refractivity contribution in [2.45, 2.75) is 53.1 Å². The lowest BCUT2D eigenvalue weighted by Gasteiger charge is -2.46. The minimum atomic E-state index is -0.341. The molecular weight excluding hydrogens is 270 g/mol. The highest BCUT2D eigenvalue weighted by atomic mass is 19.1. The van der Waals surface area contributed by atoms with Crippen LogP contribution in [0.1, 0.15) is 39.7 Å². The van der Waals surface area contributed by atoms with E-state index >= 15 is 0 Å². The van der Waals surface area contributed by atoms with Crippen molar-refractivity contribution in [3.05, 3.63) is 29.3 Å². The Balaban J connectivity index is 2.36. The number of anilines is 1. The van der Waals surface area contributed by atoms with Crippen molar-refractivity contribution >= 4 is 5.69 Å². The van der Waals surface area contributed by atoms with Gasteiger partial charge in [-0.3, -0.25) is 0 Å². The number of hydrogen-bond donors (Lipinski definition) is 1. The molecule has 4 heteroatoms. The second-order valence-electron chi connectivity index (χ2n) is 7.09. The van der Waals surface area contributed by atoms with Crippen LogP contribution < -0.4 is 10.2 Å². The van der Waals surface area contributed by atoms with Crippen LogP contribution in [0.2, 0.25) is 0 Å². The van der Waals surface area contributed by atoms with E-state index in [1.807, 2.05) is 4.90 Å². The normalized spacial score (nSPS) is 23.5. The highest BCUT2D eigenvalue weighted by Crippen LogP contribution is 2.30. The summed E-state index contributed by atoms with van der Waals surface area (Å²) in [4.78, 5) is 2.03. The smallest absolute Gasteiger partial charge is 0.146 e. The van der Waals surface area contributed by atoms with E-state index in [0.29, 0.717) is 17.8 Å².